The Labute approximate surface area is 167 Å². The summed E-state index contributed by atoms with van der Waals surface area (Å²) in [6.07, 6.45) is 4.03. The average molecular weight is 424 g/mol. The van der Waals surface area contributed by atoms with Gasteiger partial charge in [0, 0.05) is 11.4 Å². The second-order valence-corrected chi connectivity index (χ2v) is 10.4. The molecular formula is C19H22FN3O3S2. The third-order valence-electron chi connectivity index (χ3n) is 5.34. The molecule has 9 heteroatoms. The number of nitrogens with one attached hydrogen (secondary N) is 1. The van der Waals surface area contributed by atoms with Gasteiger partial charge < -0.3 is 5.32 Å². The van der Waals surface area contributed by atoms with Gasteiger partial charge in [-0.15, -0.1) is 11.3 Å². The van der Waals surface area contributed by atoms with Crippen LogP contribution in [0.2, 0.25) is 0 Å². The first-order valence-corrected chi connectivity index (χ1v) is 11.7. The normalized spacial score (nSPS) is 22.8. The third kappa shape index (κ3) is 3.70. The second kappa shape index (κ2) is 7.53. The molecule has 2 atom stereocenters. The Hall–Kier alpha value is -1.84. The number of aromatic nitrogens is 1. The van der Waals surface area contributed by atoms with Gasteiger partial charge in [0.1, 0.15) is 11.9 Å². The minimum Gasteiger partial charge on any atom is -0.301 e. The van der Waals surface area contributed by atoms with Crippen molar-refractivity contribution < 1.29 is 17.6 Å². The molecular weight excluding hydrogens is 401 g/mol. The third-order valence-corrected chi connectivity index (χ3v) is 8.30. The Bertz CT molecular complexity index is 988. The number of carbonyl (C=O) groups is 1. The highest BCUT2D eigenvalue weighted by atomic mass is 32.2. The van der Waals surface area contributed by atoms with Crippen LogP contribution in [0.1, 0.15) is 36.8 Å². The standard InChI is InChI=1S/C19H22FN3O3S2/c1-12-4-9-15-17(11-12)27-19(21-15)22-18(24)16-3-2-10-23(16)28(25,26)14-7-5-13(20)6-8-14/h5-8,12,16H,2-4,9-11H2,1H3,(H,21,22,24). The summed E-state index contributed by atoms with van der Waals surface area (Å²) in [6.45, 7) is 2.47. The van der Waals surface area contributed by atoms with Crippen molar-refractivity contribution in [1.82, 2.24) is 9.29 Å². The maximum absolute atomic E-state index is 13.1. The van der Waals surface area contributed by atoms with Gasteiger partial charge in [0.25, 0.3) is 0 Å². The fourth-order valence-corrected chi connectivity index (χ4v) is 6.64. The van der Waals surface area contributed by atoms with Crippen LogP contribution in [-0.2, 0) is 27.7 Å². The maximum Gasteiger partial charge on any atom is 0.244 e. The number of rotatable bonds is 4. The molecule has 0 spiro atoms. The van der Waals surface area contributed by atoms with Crippen LogP contribution < -0.4 is 5.32 Å². The van der Waals surface area contributed by atoms with Crippen molar-refractivity contribution in [2.45, 2.75) is 50.0 Å². The summed E-state index contributed by atoms with van der Waals surface area (Å²) in [6, 6.07) is 3.90. The Kier molecular flexibility index (Phi) is 5.24. The van der Waals surface area contributed by atoms with Crippen molar-refractivity contribution in [3.8, 4) is 0 Å². The van der Waals surface area contributed by atoms with Crippen LogP contribution in [0.4, 0.5) is 9.52 Å². The number of hydrogen-bond donors (Lipinski definition) is 1. The van der Waals surface area contributed by atoms with Gasteiger partial charge in [-0.25, -0.2) is 17.8 Å². The van der Waals surface area contributed by atoms with Gasteiger partial charge in [-0.2, -0.15) is 4.31 Å². The number of sulfonamides is 1. The number of carbonyl (C=O) groups excluding carboxylic acids is 1. The molecule has 1 amide bonds. The molecule has 0 bridgehead atoms. The van der Waals surface area contributed by atoms with Gasteiger partial charge in [-0.05, 0) is 62.3 Å². The summed E-state index contributed by atoms with van der Waals surface area (Å²) in [7, 11) is -3.86. The Morgan fingerprint density at radius 2 is 2.04 bits per heavy atom. The molecule has 2 unspecified atom stereocenters. The monoisotopic (exact) mass is 423 g/mol. The average Bonchev–Trinajstić information content (AvgIpc) is 3.28. The Morgan fingerprint density at radius 3 is 2.79 bits per heavy atom. The van der Waals surface area contributed by atoms with E-state index in [0.717, 1.165) is 37.1 Å². The van der Waals surface area contributed by atoms with Crippen molar-refractivity contribution in [3.05, 3.63) is 40.7 Å². The fraction of sp³-hybridized carbons (Fsp3) is 0.474. The topological polar surface area (TPSA) is 79.4 Å². The molecule has 6 nitrogen and oxygen atoms in total. The number of benzene rings is 1. The van der Waals surface area contributed by atoms with Crippen LogP contribution in [0.25, 0.3) is 0 Å². The van der Waals surface area contributed by atoms with Crippen LogP contribution >= 0.6 is 11.3 Å². The first-order chi connectivity index (χ1) is 13.3. The summed E-state index contributed by atoms with van der Waals surface area (Å²) in [5.74, 6) is -0.248. The number of fused-ring (bicyclic) bond motifs is 1. The summed E-state index contributed by atoms with van der Waals surface area (Å²) in [5, 5.41) is 3.36. The summed E-state index contributed by atoms with van der Waals surface area (Å²) < 4.78 is 40.2. The van der Waals surface area contributed by atoms with Gasteiger partial charge >= 0.3 is 0 Å². The SMILES string of the molecule is CC1CCc2nc(NC(=O)C3CCCN3S(=O)(=O)c3ccc(F)cc3)sc2C1. The van der Waals surface area contributed by atoms with E-state index in [1.807, 2.05) is 0 Å². The summed E-state index contributed by atoms with van der Waals surface area (Å²) in [5.41, 5.74) is 1.04. The minimum atomic E-state index is -3.86. The van der Waals surface area contributed by atoms with Gasteiger partial charge in [0.05, 0.1) is 10.6 Å². The zero-order chi connectivity index (χ0) is 19.9. The summed E-state index contributed by atoms with van der Waals surface area (Å²) >= 11 is 1.48. The van der Waals surface area contributed by atoms with Crippen molar-refractivity contribution >= 4 is 32.4 Å². The van der Waals surface area contributed by atoms with Crippen LogP contribution in [0, 0.1) is 11.7 Å². The highest BCUT2D eigenvalue weighted by molar-refractivity contribution is 7.89. The molecule has 1 aromatic heterocycles. The van der Waals surface area contributed by atoms with Crippen LogP contribution in [0.3, 0.4) is 0 Å². The number of aryl methyl sites for hydroxylation is 1. The molecule has 0 saturated carbocycles. The molecule has 1 aromatic carbocycles. The summed E-state index contributed by atoms with van der Waals surface area (Å²) in [4.78, 5) is 18.6. The smallest absolute Gasteiger partial charge is 0.244 e. The molecule has 2 heterocycles. The lowest BCUT2D eigenvalue weighted by Gasteiger charge is -2.23. The van der Waals surface area contributed by atoms with Crippen LogP contribution in [0.15, 0.2) is 29.2 Å². The van der Waals surface area contributed by atoms with E-state index >= 15 is 0 Å². The number of halogens is 1. The van der Waals surface area contributed by atoms with E-state index in [1.165, 1.54) is 32.7 Å². The molecule has 1 aliphatic carbocycles. The minimum absolute atomic E-state index is 0.00713. The van der Waals surface area contributed by atoms with E-state index in [2.05, 4.69) is 17.2 Å². The molecule has 1 fully saturated rings. The lowest BCUT2D eigenvalue weighted by Crippen LogP contribution is -2.43. The lowest BCUT2D eigenvalue weighted by molar-refractivity contribution is -0.119. The predicted molar refractivity (Wildman–Crippen MR) is 105 cm³/mol. The Morgan fingerprint density at radius 1 is 1.29 bits per heavy atom. The van der Waals surface area contributed by atoms with Crippen molar-refractivity contribution in [1.29, 1.82) is 0 Å². The number of hydrogen-bond acceptors (Lipinski definition) is 5. The number of nitrogens with zero attached hydrogens (tertiary/aromatic N) is 2. The quantitative estimate of drug-likeness (QED) is 0.819. The maximum atomic E-state index is 13.1. The fourth-order valence-electron chi connectivity index (χ4n) is 3.81. The van der Waals surface area contributed by atoms with E-state index in [4.69, 9.17) is 0 Å². The van der Waals surface area contributed by atoms with Crippen molar-refractivity contribution in [2.24, 2.45) is 5.92 Å². The molecule has 4 rings (SSSR count). The lowest BCUT2D eigenvalue weighted by atomic mass is 9.93. The number of thiazole rings is 1. The van der Waals surface area contributed by atoms with Gasteiger partial charge in [0.15, 0.2) is 5.13 Å². The van der Waals surface area contributed by atoms with E-state index in [0.29, 0.717) is 23.9 Å². The van der Waals surface area contributed by atoms with Gasteiger partial charge in [-0.1, -0.05) is 6.92 Å². The van der Waals surface area contributed by atoms with Crippen LogP contribution in [-0.4, -0.2) is 36.2 Å². The van der Waals surface area contributed by atoms with Gasteiger partial charge in [0.2, 0.25) is 15.9 Å². The van der Waals surface area contributed by atoms with E-state index < -0.39 is 21.9 Å². The van der Waals surface area contributed by atoms with Crippen molar-refractivity contribution in [3.63, 3.8) is 0 Å². The first kappa shape index (κ1) is 19.5. The highest BCUT2D eigenvalue weighted by Crippen LogP contribution is 2.33. The molecule has 0 radical (unpaired) electrons. The van der Waals surface area contributed by atoms with E-state index in [1.54, 1.807) is 0 Å². The molecule has 1 aliphatic heterocycles. The number of anilines is 1. The molecule has 2 aliphatic rings. The zero-order valence-corrected chi connectivity index (χ0v) is 17.2. The Balaban J connectivity index is 1.52. The molecule has 2 aromatic rings. The van der Waals surface area contributed by atoms with Crippen molar-refractivity contribution in [2.75, 3.05) is 11.9 Å². The largest absolute Gasteiger partial charge is 0.301 e. The van der Waals surface area contributed by atoms with E-state index in [9.17, 15) is 17.6 Å². The van der Waals surface area contributed by atoms with Gasteiger partial charge in [-0.3, -0.25) is 4.79 Å². The van der Waals surface area contributed by atoms with E-state index in [-0.39, 0.29) is 17.3 Å². The highest BCUT2D eigenvalue weighted by Gasteiger charge is 2.39. The molecule has 28 heavy (non-hydrogen) atoms. The molecule has 150 valence electrons. The molecule has 1 saturated heterocycles. The zero-order valence-electron chi connectivity index (χ0n) is 15.5. The number of amides is 1. The predicted octanol–water partition coefficient (Wildman–Crippen LogP) is 3.20. The molecule has 1 N–H and O–H groups in total. The first-order valence-electron chi connectivity index (χ1n) is 9.41. The van der Waals surface area contributed by atoms with Crippen LogP contribution in [0.5, 0.6) is 0 Å². The second-order valence-electron chi connectivity index (χ2n) is 7.45.